The zero-order valence-corrected chi connectivity index (χ0v) is 27.1. The summed E-state index contributed by atoms with van der Waals surface area (Å²) < 4.78 is 7.51. The van der Waals surface area contributed by atoms with Crippen LogP contribution in [0.15, 0.2) is 169 Å². The molecule has 0 fully saturated rings. The van der Waals surface area contributed by atoms with Crippen LogP contribution in [0, 0.1) is 0 Å². The van der Waals surface area contributed by atoms with E-state index in [4.69, 9.17) is 0 Å². The van der Waals surface area contributed by atoms with Crippen molar-refractivity contribution in [2.45, 2.75) is 25.3 Å². The molecule has 3 heteroatoms. The Hall–Kier alpha value is -6.06. The van der Waals surface area contributed by atoms with E-state index >= 15 is 0 Å². The molecule has 0 radical (unpaired) electrons. The van der Waals surface area contributed by atoms with Crippen molar-refractivity contribution in [1.82, 2.24) is 13.7 Å². The Morgan fingerprint density at radius 3 is 1.84 bits per heavy atom. The number of nitrogens with zero attached hydrogens (tertiary/aromatic N) is 3. The molecule has 2 aliphatic carbocycles. The van der Waals surface area contributed by atoms with Crippen LogP contribution in [0.2, 0.25) is 0 Å². The van der Waals surface area contributed by atoms with Crippen LogP contribution in [0.3, 0.4) is 0 Å². The lowest BCUT2D eigenvalue weighted by Gasteiger charge is -2.25. The van der Waals surface area contributed by atoms with Crippen LogP contribution in [-0.2, 0) is 0 Å². The molecular weight excluding hydrogens is 595 g/mol. The molecule has 1 atom stereocenters. The molecule has 3 aromatic heterocycles. The van der Waals surface area contributed by atoms with Crippen molar-refractivity contribution in [2.24, 2.45) is 0 Å². The highest BCUT2D eigenvalue weighted by molar-refractivity contribution is 6.16. The summed E-state index contributed by atoms with van der Waals surface area (Å²) in [6.07, 6.45) is 12.9. The summed E-state index contributed by atoms with van der Waals surface area (Å²) in [6.45, 7) is 0. The Balaban J connectivity index is 1.17. The number of fused-ring (bicyclic) bond motifs is 9. The second kappa shape index (κ2) is 10.2. The van der Waals surface area contributed by atoms with Crippen molar-refractivity contribution in [3.05, 3.63) is 169 Å². The van der Waals surface area contributed by atoms with Crippen LogP contribution in [0.4, 0.5) is 0 Å². The first-order chi connectivity index (χ1) is 24.3. The van der Waals surface area contributed by atoms with Gasteiger partial charge in [0.1, 0.15) is 0 Å². The van der Waals surface area contributed by atoms with Crippen molar-refractivity contribution in [3.8, 4) is 11.4 Å². The Morgan fingerprint density at radius 2 is 1.08 bits per heavy atom. The smallest absolute Gasteiger partial charge is 0.0566 e. The second-order valence-electron chi connectivity index (χ2n) is 13.6. The van der Waals surface area contributed by atoms with E-state index in [0.29, 0.717) is 0 Å². The van der Waals surface area contributed by atoms with Crippen LogP contribution >= 0.6 is 0 Å². The normalized spacial score (nSPS) is 16.3. The molecule has 0 saturated heterocycles. The molecule has 2 aliphatic rings. The number of para-hydroxylation sites is 4. The van der Waals surface area contributed by atoms with Gasteiger partial charge in [0.15, 0.2) is 0 Å². The molecular formula is C46H33N3. The fraction of sp³-hybridized carbons (Fsp3) is 0.0870. The zero-order valence-electron chi connectivity index (χ0n) is 27.1. The summed E-state index contributed by atoms with van der Waals surface area (Å²) in [5.74, 6) is 0. The lowest BCUT2D eigenvalue weighted by atomic mass is 9.88. The maximum absolute atomic E-state index is 2.59. The molecule has 3 heterocycles. The topological polar surface area (TPSA) is 14.8 Å². The molecule has 1 unspecified atom stereocenters. The van der Waals surface area contributed by atoms with Gasteiger partial charge in [-0.15, -0.1) is 0 Å². The van der Waals surface area contributed by atoms with E-state index in [0.717, 1.165) is 19.3 Å². The Labute approximate surface area is 283 Å². The van der Waals surface area contributed by atoms with E-state index in [2.05, 4.69) is 171 Å². The number of hydrogen-bond acceptors (Lipinski definition) is 0. The van der Waals surface area contributed by atoms with E-state index in [9.17, 15) is 0 Å². The number of benzene rings is 6. The third-order valence-corrected chi connectivity index (χ3v) is 11.0. The molecule has 11 rings (SSSR count). The van der Waals surface area contributed by atoms with Crippen LogP contribution in [0.25, 0.3) is 76.8 Å². The quantitative estimate of drug-likeness (QED) is 0.185. The van der Waals surface area contributed by atoms with Crippen molar-refractivity contribution in [2.75, 3.05) is 0 Å². The van der Waals surface area contributed by atoms with Crippen LogP contribution in [0.1, 0.15) is 25.3 Å². The molecule has 0 spiro atoms. The van der Waals surface area contributed by atoms with Gasteiger partial charge in [0.05, 0.1) is 39.3 Å². The Morgan fingerprint density at radius 1 is 0.469 bits per heavy atom. The van der Waals surface area contributed by atoms with E-state index in [1.165, 1.54) is 87.9 Å². The summed E-state index contributed by atoms with van der Waals surface area (Å²) in [6, 6.07) is 49.6. The van der Waals surface area contributed by atoms with Gasteiger partial charge in [0.2, 0.25) is 0 Å². The molecule has 0 N–H and O–H groups in total. The summed E-state index contributed by atoms with van der Waals surface area (Å²) in [5.41, 5.74) is 12.9. The predicted octanol–water partition coefficient (Wildman–Crippen LogP) is 12.1. The molecule has 232 valence electrons. The van der Waals surface area contributed by atoms with E-state index in [1.807, 2.05) is 0 Å². The Kier molecular flexibility index (Phi) is 5.62. The number of hydrogen-bond donors (Lipinski definition) is 0. The predicted molar refractivity (Wildman–Crippen MR) is 206 cm³/mol. The lowest BCUT2D eigenvalue weighted by Crippen LogP contribution is -2.12. The van der Waals surface area contributed by atoms with Crippen LogP contribution in [-0.4, -0.2) is 13.7 Å². The maximum atomic E-state index is 2.59. The van der Waals surface area contributed by atoms with E-state index in [-0.39, 0.29) is 6.04 Å². The van der Waals surface area contributed by atoms with E-state index < -0.39 is 0 Å². The van der Waals surface area contributed by atoms with Gasteiger partial charge in [-0.05, 0) is 85.0 Å². The molecule has 6 aromatic carbocycles. The molecule has 0 amide bonds. The van der Waals surface area contributed by atoms with Crippen molar-refractivity contribution >= 4 is 65.4 Å². The van der Waals surface area contributed by atoms with E-state index in [1.54, 1.807) is 0 Å². The lowest BCUT2D eigenvalue weighted by molar-refractivity contribution is 0.625. The average Bonchev–Trinajstić information content (AvgIpc) is 3.80. The van der Waals surface area contributed by atoms with Gasteiger partial charge >= 0.3 is 0 Å². The van der Waals surface area contributed by atoms with Crippen LogP contribution < -0.4 is 0 Å². The average molecular weight is 628 g/mol. The molecule has 3 nitrogen and oxygen atoms in total. The molecule has 0 aliphatic heterocycles. The third kappa shape index (κ3) is 3.79. The maximum Gasteiger partial charge on any atom is 0.0566 e. The minimum atomic E-state index is 0.270. The highest BCUT2D eigenvalue weighted by Crippen LogP contribution is 2.43. The molecule has 49 heavy (non-hydrogen) atoms. The fourth-order valence-corrected chi connectivity index (χ4v) is 8.95. The number of rotatable bonds is 3. The zero-order chi connectivity index (χ0) is 32.1. The highest BCUT2D eigenvalue weighted by atomic mass is 15.0. The van der Waals surface area contributed by atoms with Gasteiger partial charge < -0.3 is 13.7 Å². The second-order valence-corrected chi connectivity index (χ2v) is 13.6. The minimum absolute atomic E-state index is 0.270. The monoisotopic (exact) mass is 627 g/mol. The molecule has 0 saturated carbocycles. The summed E-state index contributed by atoms with van der Waals surface area (Å²) in [7, 11) is 0. The van der Waals surface area contributed by atoms with Crippen molar-refractivity contribution in [3.63, 3.8) is 0 Å². The first kappa shape index (κ1) is 26.9. The first-order valence-electron chi connectivity index (χ1n) is 17.4. The summed E-state index contributed by atoms with van der Waals surface area (Å²) in [4.78, 5) is 0. The first-order valence-corrected chi connectivity index (χ1v) is 17.4. The minimum Gasteiger partial charge on any atom is -0.333 e. The summed E-state index contributed by atoms with van der Waals surface area (Å²) in [5, 5.41) is 7.69. The third-order valence-electron chi connectivity index (χ3n) is 11.0. The molecule has 0 bridgehead atoms. The van der Waals surface area contributed by atoms with Gasteiger partial charge in [-0.25, -0.2) is 0 Å². The number of aromatic nitrogens is 3. The van der Waals surface area contributed by atoms with Crippen molar-refractivity contribution in [1.29, 1.82) is 0 Å². The van der Waals surface area contributed by atoms with Crippen LogP contribution in [0.5, 0.6) is 0 Å². The van der Waals surface area contributed by atoms with Gasteiger partial charge in [-0.1, -0.05) is 103 Å². The Bertz CT molecular complexity index is 2870. The molecule has 9 aromatic rings. The van der Waals surface area contributed by atoms with Gasteiger partial charge in [0, 0.05) is 43.5 Å². The standard InChI is InChI=1S/C46H33N3/c1-2-13-31-28-32(25-24-30(31)12-1)48-42-21-10-6-17-37(42)46-44(48)22-11-23-45(46)49-41-20-9-5-16-36(41)38-29-33(26-27-43(38)49)47-39-18-7-3-14-34(39)35-15-4-8-19-40(35)47/h2-11,13-27,29,32H,1,12,28H2. The van der Waals surface area contributed by atoms with Crippen molar-refractivity contribution < 1.29 is 0 Å². The highest BCUT2D eigenvalue weighted by Gasteiger charge is 2.24. The largest absolute Gasteiger partial charge is 0.333 e. The van der Waals surface area contributed by atoms with Gasteiger partial charge in [-0.2, -0.15) is 0 Å². The number of allylic oxidation sites excluding steroid dienone is 6. The summed E-state index contributed by atoms with van der Waals surface area (Å²) >= 11 is 0. The SMILES string of the molecule is C1=CC2=C(C=CC(n3c4ccccc4c4c(-n5c6ccccc6c6cc(-n7c8ccccc8c8ccccc87)ccc65)cccc43)C2)CC1. The van der Waals surface area contributed by atoms with Gasteiger partial charge in [-0.3, -0.25) is 0 Å². The van der Waals surface area contributed by atoms with Gasteiger partial charge in [0.25, 0.3) is 0 Å². The fourth-order valence-electron chi connectivity index (χ4n) is 8.95.